The Morgan fingerprint density at radius 2 is 2.67 bits per heavy atom. The van der Waals surface area contributed by atoms with Crippen LogP contribution in [0.3, 0.4) is 0 Å². The van der Waals surface area contributed by atoms with Gasteiger partial charge >= 0.3 is 0 Å². The smallest absolute Gasteiger partial charge is 0.198 e. The summed E-state index contributed by atoms with van der Waals surface area (Å²) >= 11 is 0. The number of nitrogens with zero attached hydrogens (tertiary/aromatic N) is 1. The molecule has 1 aromatic rings. The second-order valence-corrected chi connectivity index (χ2v) is 1.68. The summed E-state index contributed by atoms with van der Waals surface area (Å²) in [4.78, 5) is 16.5. The molecule has 0 saturated carbocycles. The number of hydrogen-bond donors (Lipinski definition) is 1. The number of hydrogen-bond acceptors (Lipinski definition) is 2. The summed E-state index contributed by atoms with van der Waals surface area (Å²) in [5.41, 5.74) is 0. The van der Waals surface area contributed by atoms with Gasteiger partial charge in [0.1, 0.15) is 5.82 Å². The Morgan fingerprint density at radius 1 is 1.78 bits per heavy atom. The van der Waals surface area contributed by atoms with Gasteiger partial charge in [0.15, 0.2) is 6.29 Å². The van der Waals surface area contributed by atoms with E-state index in [4.69, 9.17) is 0 Å². The fourth-order valence-electron chi connectivity index (χ4n) is 0.604. The van der Waals surface area contributed by atoms with Crippen molar-refractivity contribution in [1.29, 1.82) is 0 Å². The van der Waals surface area contributed by atoms with E-state index in [0.717, 1.165) is 5.82 Å². The lowest BCUT2D eigenvalue weighted by atomic mass is 10.3. The van der Waals surface area contributed by atoms with Gasteiger partial charge in [0, 0.05) is 25.2 Å². The Bertz CT molecular complexity index is 169. The number of nitrogens with one attached hydrogen (secondary N) is 1. The molecule has 0 atom stereocenters. The summed E-state index contributed by atoms with van der Waals surface area (Å²) in [5.74, 6) is 0.846. The zero-order chi connectivity index (χ0) is 6.53. The highest BCUT2D eigenvalue weighted by Crippen LogP contribution is 1.90. The van der Waals surface area contributed by atoms with E-state index in [1.807, 2.05) is 0 Å². The molecule has 9 heavy (non-hydrogen) atoms. The van der Waals surface area contributed by atoms with Crippen LogP contribution in [0.4, 0.5) is 0 Å². The molecule has 0 aliphatic carbocycles. The van der Waals surface area contributed by atoms with Crippen molar-refractivity contribution in [2.24, 2.45) is 0 Å². The first kappa shape index (κ1) is 6.01. The maximum atomic E-state index is 9.73. The molecule has 0 aromatic carbocycles. The SMILES string of the molecule is O=[C]CCc1ncc[nH]1. The highest BCUT2D eigenvalue weighted by Gasteiger charge is 1.91. The van der Waals surface area contributed by atoms with Crippen LogP contribution >= 0.6 is 0 Å². The summed E-state index contributed by atoms with van der Waals surface area (Å²) in [7, 11) is 0. The van der Waals surface area contributed by atoms with Crippen molar-refractivity contribution in [2.45, 2.75) is 12.8 Å². The van der Waals surface area contributed by atoms with E-state index in [1.165, 1.54) is 0 Å². The molecular weight excluding hydrogens is 116 g/mol. The van der Waals surface area contributed by atoms with Gasteiger partial charge < -0.3 is 4.98 Å². The average molecular weight is 123 g/mol. The molecule has 1 N–H and O–H groups in total. The molecule has 0 amide bonds. The van der Waals surface area contributed by atoms with Crippen LogP contribution in [0.5, 0.6) is 0 Å². The van der Waals surface area contributed by atoms with Gasteiger partial charge in [-0.2, -0.15) is 0 Å². The Balaban J connectivity index is 2.38. The van der Waals surface area contributed by atoms with Crippen LogP contribution in [0.15, 0.2) is 12.4 Å². The lowest BCUT2D eigenvalue weighted by molar-refractivity contribution is 0.550. The molecule has 0 aliphatic rings. The molecule has 0 saturated heterocycles. The van der Waals surface area contributed by atoms with Crippen molar-refractivity contribution in [1.82, 2.24) is 9.97 Å². The average Bonchev–Trinajstić information content (AvgIpc) is 2.34. The minimum absolute atomic E-state index is 0.424. The van der Waals surface area contributed by atoms with Gasteiger partial charge in [0.25, 0.3) is 0 Å². The van der Waals surface area contributed by atoms with Crippen molar-refractivity contribution in [3.05, 3.63) is 18.2 Å². The largest absolute Gasteiger partial charge is 0.349 e. The molecule has 1 heterocycles. The number of aromatic nitrogens is 2. The van der Waals surface area contributed by atoms with Gasteiger partial charge in [-0.05, 0) is 0 Å². The van der Waals surface area contributed by atoms with Crippen molar-refractivity contribution >= 4 is 6.29 Å². The zero-order valence-electron chi connectivity index (χ0n) is 4.92. The van der Waals surface area contributed by atoms with E-state index in [9.17, 15) is 4.79 Å². The Morgan fingerprint density at radius 3 is 3.22 bits per heavy atom. The van der Waals surface area contributed by atoms with E-state index in [2.05, 4.69) is 9.97 Å². The van der Waals surface area contributed by atoms with Gasteiger partial charge in [-0.25, -0.2) is 4.98 Å². The molecule has 0 aliphatic heterocycles. The Labute approximate surface area is 53.1 Å². The van der Waals surface area contributed by atoms with Crippen molar-refractivity contribution in [3.8, 4) is 0 Å². The fraction of sp³-hybridized carbons (Fsp3) is 0.333. The monoisotopic (exact) mass is 123 g/mol. The maximum Gasteiger partial charge on any atom is 0.198 e. The van der Waals surface area contributed by atoms with Crippen molar-refractivity contribution in [3.63, 3.8) is 0 Å². The second kappa shape index (κ2) is 3.02. The van der Waals surface area contributed by atoms with Gasteiger partial charge in [0.2, 0.25) is 0 Å². The third-order valence-electron chi connectivity index (χ3n) is 1.02. The Hall–Kier alpha value is -1.12. The van der Waals surface area contributed by atoms with Crippen LogP contribution in [0.2, 0.25) is 0 Å². The molecule has 0 spiro atoms. The van der Waals surface area contributed by atoms with Crippen LogP contribution in [-0.2, 0) is 11.2 Å². The standard InChI is InChI=1S/C6H7N2O/c9-5-1-2-6-7-3-4-8-6/h3-4H,1-2H2,(H,7,8). The van der Waals surface area contributed by atoms with E-state index < -0.39 is 0 Å². The number of aryl methyl sites for hydroxylation is 1. The lowest BCUT2D eigenvalue weighted by Crippen LogP contribution is -1.87. The van der Waals surface area contributed by atoms with E-state index in [0.29, 0.717) is 12.8 Å². The van der Waals surface area contributed by atoms with Crippen molar-refractivity contribution in [2.75, 3.05) is 0 Å². The van der Waals surface area contributed by atoms with E-state index in [-0.39, 0.29) is 0 Å². The fourth-order valence-corrected chi connectivity index (χ4v) is 0.604. The van der Waals surface area contributed by atoms with Crippen LogP contribution in [-0.4, -0.2) is 16.3 Å². The zero-order valence-corrected chi connectivity index (χ0v) is 4.92. The first-order chi connectivity index (χ1) is 4.43. The van der Waals surface area contributed by atoms with Crippen LogP contribution in [0, 0.1) is 0 Å². The van der Waals surface area contributed by atoms with E-state index >= 15 is 0 Å². The first-order valence-corrected chi connectivity index (χ1v) is 2.77. The lowest BCUT2D eigenvalue weighted by Gasteiger charge is -1.84. The number of imidazole rings is 1. The molecule has 3 heteroatoms. The minimum atomic E-state index is 0.424. The van der Waals surface area contributed by atoms with Crippen LogP contribution in [0.25, 0.3) is 0 Å². The quantitative estimate of drug-likeness (QED) is 0.634. The summed E-state index contributed by atoms with van der Waals surface area (Å²) in [6, 6.07) is 0. The molecule has 1 aromatic heterocycles. The van der Waals surface area contributed by atoms with Gasteiger partial charge in [-0.1, -0.05) is 0 Å². The summed E-state index contributed by atoms with van der Waals surface area (Å²) in [6.07, 6.45) is 6.29. The van der Waals surface area contributed by atoms with Gasteiger partial charge in [-0.15, -0.1) is 0 Å². The molecule has 0 unspecified atom stereocenters. The van der Waals surface area contributed by atoms with Gasteiger partial charge in [0.05, 0.1) is 0 Å². The molecular formula is C6H7N2O. The predicted molar refractivity (Wildman–Crippen MR) is 32.6 cm³/mol. The second-order valence-electron chi connectivity index (χ2n) is 1.68. The number of carbonyl (C=O) groups excluding carboxylic acids is 1. The molecule has 1 radical (unpaired) electrons. The number of aromatic amines is 1. The topological polar surface area (TPSA) is 45.8 Å². The van der Waals surface area contributed by atoms with Gasteiger partial charge in [-0.3, -0.25) is 4.79 Å². The minimum Gasteiger partial charge on any atom is -0.349 e. The maximum absolute atomic E-state index is 9.73. The molecule has 47 valence electrons. The predicted octanol–water partition coefficient (Wildman–Crippen LogP) is 0.452. The first-order valence-electron chi connectivity index (χ1n) is 2.77. The molecule has 0 fully saturated rings. The van der Waals surface area contributed by atoms with Crippen molar-refractivity contribution < 1.29 is 4.79 Å². The third kappa shape index (κ3) is 1.68. The summed E-state index contributed by atoms with van der Waals surface area (Å²) in [5, 5.41) is 0. The van der Waals surface area contributed by atoms with Crippen LogP contribution < -0.4 is 0 Å². The normalized spacial score (nSPS) is 9.33. The Kier molecular flexibility index (Phi) is 2.01. The number of rotatable bonds is 3. The summed E-state index contributed by atoms with van der Waals surface area (Å²) in [6.45, 7) is 0. The highest BCUT2D eigenvalue weighted by atomic mass is 16.1. The highest BCUT2D eigenvalue weighted by molar-refractivity contribution is 5.50. The van der Waals surface area contributed by atoms with Crippen LogP contribution in [0.1, 0.15) is 12.2 Å². The molecule has 1 rings (SSSR count). The summed E-state index contributed by atoms with van der Waals surface area (Å²) < 4.78 is 0. The molecule has 0 bridgehead atoms. The van der Waals surface area contributed by atoms with E-state index in [1.54, 1.807) is 18.7 Å². The third-order valence-corrected chi connectivity index (χ3v) is 1.02. The molecule has 3 nitrogen and oxygen atoms in total. The number of H-pyrrole nitrogens is 1.